The summed E-state index contributed by atoms with van der Waals surface area (Å²) in [6.45, 7) is 7.92. The minimum Gasteiger partial charge on any atom is -0.491 e. The van der Waals surface area contributed by atoms with Gasteiger partial charge in [0.2, 0.25) is 0 Å². The average Bonchev–Trinajstić information content (AvgIpc) is 2.90. The molecule has 6 heteroatoms. The molecule has 1 atom stereocenters. The number of fused-ring (bicyclic) bond motifs is 1. The van der Waals surface area contributed by atoms with E-state index in [2.05, 4.69) is 32.9 Å². The third-order valence-corrected chi connectivity index (χ3v) is 7.34. The Kier molecular flexibility index (Phi) is 8.78. The molecule has 0 saturated carbocycles. The number of hydrogen-bond donors (Lipinski definition) is 0. The number of carbonyl (C=O) groups is 2. The van der Waals surface area contributed by atoms with Crippen molar-refractivity contribution < 1.29 is 14.3 Å². The lowest BCUT2D eigenvalue weighted by molar-refractivity contribution is 0.0590. The van der Waals surface area contributed by atoms with Gasteiger partial charge in [-0.25, -0.2) is 0 Å². The Labute approximate surface area is 231 Å². The first kappa shape index (κ1) is 27.7. The number of nitrogens with zero attached hydrogens (tertiary/aromatic N) is 2. The second kappa shape index (κ2) is 12.0. The summed E-state index contributed by atoms with van der Waals surface area (Å²) in [6, 6.07) is 23.0. The summed E-state index contributed by atoms with van der Waals surface area (Å²) < 4.78 is 6.30. The zero-order chi connectivity index (χ0) is 27.3. The van der Waals surface area contributed by atoms with Crippen molar-refractivity contribution in [2.24, 2.45) is 0 Å². The second-order valence-corrected chi connectivity index (χ2v) is 11.5. The smallest absolute Gasteiger partial charge is 0.257 e. The van der Waals surface area contributed by atoms with Gasteiger partial charge in [-0.05, 0) is 66.1 Å². The molecule has 3 aromatic rings. The van der Waals surface area contributed by atoms with Crippen molar-refractivity contribution in [3.8, 4) is 5.75 Å². The van der Waals surface area contributed by atoms with Crippen LogP contribution in [0.1, 0.15) is 65.5 Å². The number of hydrogen-bond acceptors (Lipinski definition) is 3. The Bertz CT molecular complexity index is 1250. The Balaban J connectivity index is 1.69. The molecule has 38 heavy (non-hydrogen) atoms. The lowest BCUT2D eigenvalue weighted by Crippen LogP contribution is -2.46. The molecule has 0 spiro atoms. The molecule has 0 fully saturated rings. The zero-order valence-corrected chi connectivity index (χ0v) is 23.5. The number of ether oxygens (including phenoxy) is 1. The first-order valence-corrected chi connectivity index (χ1v) is 13.6. The first-order valence-electron chi connectivity index (χ1n) is 13.3. The van der Waals surface area contributed by atoms with Crippen LogP contribution in [0.2, 0.25) is 5.02 Å². The van der Waals surface area contributed by atoms with Crippen molar-refractivity contribution >= 4 is 23.4 Å². The molecule has 0 saturated heterocycles. The van der Waals surface area contributed by atoms with E-state index in [1.807, 2.05) is 47.4 Å². The number of amides is 2. The largest absolute Gasteiger partial charge is 0.491 e. The van der Waals surface area contributed by atoms with Gasteiger partial charge in [0.15, 0.2) is 0 Å². The normalized spacial score (nSPS) is 17.2. The molecule has 2 amide bonds. The topological polar surface area (TPSA) is 49.9 Å². The van der Waals surface area contributed by atoms with Crippen LogP contribution in [0, 0.1) is 0 Å². The standard InChI is InChI=1S/C32H37ClN2O3/c1-32(2,3)25-14-12-24(13-15-25)30(36)35-19-9-8-18-34(4)31(37)28-21-26(33)16-17-29(28)38-22-27(35)20-23-10-6-5-7-11-23/h5-7,10-17,21,27H,8-9,18-20,22H2,1-4H3/t27-/m1/s1. The maximum Gasteiger partial charge on any atom is 0.257 e. The van der Waals surface area contributed by atoms with E-state index in [-0.39, 0.29) is 29.9 Å². The average molecular weight is 533 g/mol. The number of rotatable bonds is 3. The summed E-state index contributed by atoms with van der Waals surface area (Å²) in [6.07, 6.45) is 2.20. The van der Waals surface area contributed by atoms with E-state index in [4.69, 9.17) is 16.3 Å². The van der Waals surface area contributed by atoms with Gasteiger partial charge in [0.1, 0.15) is 12.4 Å². The Hall–Kier alpha value is -3.31. The van der Waals surface area contributed by atoms with E-state index in [0.717, 1.165) is 18.4 Å². The minimum atomic E-state index is -0.219. The van der Waals surface area contributed by atoms with Gasteiger partial charge in [-0.15, -0.1) is 0 Å². The highest BCUT2D eigenvalue weighted by atomic mass is 35.5. The highest BCUT2D eigenvalue weighted by Gasteiger charge is 2.28. The van der Waals surface area contributed by atoms with Gasteiger partial charge < -0.3 is 14.5 Å². The molecule has 1 aliphatic rings. The highest BCUT2D eigenvalue weighted by Crippen LogP contribution is 2.27. The van der Waals surface area contributed by atoms with E-state index in [1.54, 1.807) is 30.1 Å². The lowest BCUT2D eigenvalue weighted by Gasteiger charge is -2.33. The van der Waals surface area contributed by atoms with Crippen LogP contribution in [0.15, 0.2) is 72.8 Å². The third-order valence-electron chi connectivity index (χ3n) is 7.11. The van der Waals surface area contributed by atoms with Crippen molar-refractivity contribution in [1.29, 1.82) is 0 Å². The van der Waals surface area contributed by atoms with E-state index in [9.17, 15) is 9.59 Å². The Morgan fingerprint density at radius 3 is 2.34 bits per heavy atom. The van der Waals surface area contributed by atoms with Crippen molar-refractivity contribution in [3.05, 3.63) is 100 Å². The van der Waals surface area contributed by atoms with Crippen LogP contribution in [0.25, 0.3) is 0 Å². The van der Waals surface area contributed by atoms with Gasteiger partial charge in [0.05, 0.1) is 11.6 Å². The maximum absolute atomic E-state index is 14.0. The van der Waals surface area contributed by atoms with Gasteiger partial charge in [0.25, 0.3) is 11.8 Å². The molecule has 3 aromatic carbocycles. The van der Waals surface area contributed by atoms with Gasteiger partial charge >= 0.3 is 0 Å². The molecule has 0 radical (unpaired) electrons. The van der Waals surface area contributed by atoms with Crippen molar-refractivity contribution in [2.45, 2.75) is 51.5 Å². The van der Waals surface area contributed by atoms with Crippen LogP contribution in [-0.2, 0) is 11.8 Å². The number of benzene rings is 3. The second-order valence-electron chi connectivity index (χ2n) is 11.1. The predicted octanol–water partition coefficient (Wildman–Crippen LogP) is 6.64. The molecule has 0 N–H and O–H groups in total. The van der Waals surface area contributed by atoms with Gasteiger partial charge in [0, 0.05) is 30.7 Å². The van der Waals surface area contributed by atoms with Crippen molar-refractivity contribution in [2.75, 3.05) is 26.7 Å². The lowest BCUT2D eigenvalue weighted by atomic mass is 9.86. The molecule has 200 valence electrons. The number of carbonyl (C=O) groups excluding carboxylic acids is 2. The zero-order valence-electron chi connectivity index (χ0n) is 22.7. The fourth-order valence-corrected chi connectivity index (χ4v) is 4.97. The van der Waals surface area contributed by atoms with Crippen LogP contribution < -0.4 is 4.74 Å². The van der Waals surface area contributed by atoms with Gasteiger partial charge in [-0.3, -0.25) is 9.59 Å². The summed E-state index contributed by atoms with van der Waals surface area (Å²) >= 11 is 6.24. The summed E-state index contributed by atoms with van der Waals surface area (Å²) in [7, 11) is 1.79. The summed E-state index contributed by atoms with van der Waals surface area (Å²) in [5.74, 6) is 0.356. The molecule has 0 aromatic heterocycles. The fourth-order valence-electron chi connectivity index (χ4n) is 4.79. The summed E-state index contributed by atoms with van der Waals surface area (Å²) in [4.78, 5) is 30.8. The van der Waals surface area contributed by atoms with E-state index in [1.165, 1.54) is 5.56 Å². The molecule has 0 aliphatic carbocycles. The molecular formula is C32H37ClN2O3. The SMILES string of the molecule is CN1CCCCN(C(=O)c2ccc(C(C)(C)C)cc2)[C@H](Cc2ccccc2)COc2ccc(Cl)cc2C1=O. The molecule has 4 rings (SSSR count). The van der Waals surface area contributed by atoms with Crippen molar-refractivity contribution in [3.63, 3.8) is 0 Å². The summed E-state index contributed by atoms with van der Waals surface area (Å²) in [5, 5.41) is 0.484. The van der Waals surface area contributed by atoms with E-state index < -0.39 is 0 Å². The number of halogens is 1. The highest BCUT2D eigenvalue weighted by molar-refractivity contribution is 6.31. The minimum absolute atomic E-state index is 0.00666. The first-order chi connectivity index (χ1) is 18.1. The summed E-state index contributed by atoms with van der Waals surface area (Å²) in [5.41, 5.74) is 3.44. The van der Waals surface area contributed by atoms with E-state index >= 15 is 0 Å². The Morgan fingerprint density at radius 1 is 0.974 bits per heavy atom. The Morgan fingerprint density at radius 2 is 1.66 bits per heavy atom. The van der Waals surface area contributed by atoms with Crippen LogP contribution >= 0.6 is 11.6 Å². The fraction of sp³-hybridized carbons (Fsp3) is 0.375. The molecule has 0 bridgehead atoms. The molecule has 5 nitrogen and oxygen atoms in total. The quantitative estimate of drug-likeness (QED) is 0.380. The van der Waals surface area contributed by atoms with Crippen LogP contribution in [0.3, 0.4) is 0 Å². The third kappa shape index (κ3) is 6.76. The van der Waals surface area contributed by atoms with Gasteiger partial charge in [-0.1, -0.05) is 74.8 Å². The molecule has 1 aliphatic heterocycles. The molecular weight excluding hydrogens is 496 g/mol. The van der Waals surface area contributed by atoms with Crippen molar-refractivity contribution in [1.82, 2.24) is 9.80 Å². The predicted molar refractivity (Wildman–Crippen MR) is 153 cm³/mol. The van der Waals surface area contributed by atoms with Crippen LogP contribution in [0.4, 0.5) is 0 Å². The maximum atomic E-state index is 14.0. The molecule has 1 heterocycles. The van der Waals surface area contributed by atoms with Gasteiger partial charge in [-0.2, -0.15) is 0 Å². The van der Waals surface area contributed by atoms with E-state index in [0.29, 0.717) is 41.4 Å². The van der Waals surface area contributed by atoms with Crippen LogP contribution in [0.5, 0.6) is 5.75 Å². The monoisotopic (exact) mass is 532 g/mol. The van der Waals surface area contributed by atoms with Crippen LogP contribution in [-0.4, -0.2) is 54.4 Å². The molecule has 0 unspecified atom stereocenters.